The Morgan fingerprint density at radius 3 is 2.11 bits per heavy atom. The van der Waals surface area contributed by atoms with Crippen molar-refractivity contribution in [1.82, 2.24) is 9.80 Å². The molecule has 0 aromatic heterocycles. The van der Waals surface area contributed by atoms with E-state index in [9.17, 15) is 19.7 Å². The Morgan fingerprint density at radius 1 is 0.932 bits per heavy atom. The average molecular weight is 597 g/mol. The number of ether oxygens (including phenoxy) is 2. The first-order valence-electron chi connectivity index (χ1n) is 14.6. The first-order valence-corrected chi connectivity index (χ1v) is 14.6. The Kier molecular flexibility index (Phi) is 9.62. The molecule has 0 N–H and O–H groups in total. The number of carbonyl (C=O) groups is 2. The van der Waals surface area contributed by atoms with Gasteiger partial charge >= 0.3 is 11.9 Å². The Morgan fingerprint density at radius 2 is 1.55 bits per heavy atom. The zero-order chi connectivity index (χ0) is 31.2. The predicted molar refractivity (Wildman–Crippen MR) is 166 cm³/mol. The molecule has 2 atom stereocenters. The van der Waals surface area contributed by atoms with Gasteiger partial charge in [0.2, 0.25) is 0 Å². The van der Waals surface area contributed by atoms with E-state index in [0.717, 1.165) is 13.1 Å². The number of piperazine rings is 1. The zero-order valence-corrected chi connectivity index (χ0v) is 25.1. The van der Waals surface area contributed by atoms with E-state index in [1.807, 2.05) is 12.1 Å². The summed E-state index contributed by atoms with van der Waals surface area (Å²) in [7, 11) is 1.27. The largest absolute Gasteiger partial charge is 0.468 e. The van der Waals surface area contributed by atoms with Crippen molar-refractivity contribution in [3.8, 4) is 0 Å². The number of nitro benzene ring substituents is 1. The smallest absolute Gasteiger partial charge is 0.337 e. The second kappa shape index (κ2) is 13.7. The molecule has 3 aromatic rings. The number of non-ortho nitro benzene ring substituents is 1. The Labute approximate surface area is 256 Å². The van der Waals surface area contributed by atoms with Crippen LogP contribution in [0.25, 0.3) is 0 Å². The van der Waals surface area contributed by atoms with E-state index >= 15 is 0 Å². The Bertz CT molecular complexity index is 1530. The van der Waals surface area contributed by atoms with Crippen LogP contribution < -0.4 is 0 Å². The quantitative estimate of drug-likeness (QED) is 0.190. The molecule has 2 aliphatic heterocycles. The molecule has 44 heavy (non-hydrogen) atoms. The summed E-state index contributed by atoms with van der Waals surface area (Å²) in [6.07, 6.45) is 0. The monoisotopic (exact) mass is 596 g/mol. The first-order chi connectivity index (χ1) is 21.3. The minimum atomic E-state index is -0.926. The third-order valence-electron chi connectivity index (χ3n) is 8.32. The van der Waals surface area contributed by atoms with Crippen molar-refractivity contribution < 1.29 is 24.0 Å². The fraction of sp³-hybridized carbons (Fsp3) is 0.324. The van der Waals surface area contributed by atoms with Crippen LogP contribution in [-0.2, 0) is 19.1 Å². The standard InChI is InChI=1S/C34H36N4O6/c1-23-29(33(39)43-3)31(27-15-10-16-28(21-27)38(41)42)30(24(2)35-23)34(40)44-22-36-17-19-37(20-18-36)32(25-11-6-4-7-12-25)26-13-8-5-9-14-26/h4-16,21,29,31-32H,17-20,22H2,1-3H3. The molecule has 2 unspecified atom stereocenters. The SMILES string of the molecule is COC(=O)C1C(C)=NC(C)=C(C(=O)OCN2CCN(C(c3ccccc3)c3ccccc3)CC2)C1c1cccc([N+](=O)[O-])c1. The second-order valence-electron chi connectivity index (χ2n) is 11.0. The molecule has 0 aliphatic carbocycles. The number of carbonyl (C=O) groups excluding carboxylic acids is 2. The zero-order valence-electron chi connectivity index (χ0n) is 25.1. The topological polar surface area (TPSA) is 115 Å². The van der Waals surface area contributed by atoms with Gasteiger partial charge < -0.3 is 9.47 Å². The summed E-state index contributed by atoms with van der Waals surface area (Å²) < 4.78 is 10.9. The molecule has 5 rings (SSSR count). The molecule has 1 saturated heterocycles. The predicted octanol–water partition coefficient (Wildman–Crippen LogP) is 5.12. The summed E-state index contributed by atoms with van der Waals surface area (Å²) in [5.74, 6) is -2.97. The number of hydrogen-bond acceptors (Lipinski definition) is 9. The van der Waals surface area contributed by atoms with Gasteiger partial charge in [0.15, 0.2) is 0 Å². The van der Waals surface area contributed by atoms with Gasteiger partial charge in [-0.2, -0.15) is 0 Å². The number of methoxy groups -OCH3 is 1. The van der Waals surface area contributed by atoms with Crippen LogP contribution in [0.1, 0.15) is 42.5 Å². The van der Waals surface area contributed by atoms with Gasteiger partial charge in [-0.3, -0.25) is 29.7 Å². The fourth-order valence-electron chi connectivity index (χ4n) is 6.19. The Balaban J connectivity index is 1.31. The van der Waals surface area contributed by atoms with Crippen molar-refractivity contribution in [2.75, 3.05) is 40.0 Å². The summed E-state index contributed by atoms with van der Waals surface area (Å²) >= 11 is 0. The van der Waals surface area contributed by atoms with Gasteiger partial charge in [-0.05, 0) is 30.5 Å². The third-order valence-corrected chi connectivity index (χ3v) is 8.32. The number of aliphatic imine (C=N–C) groups is 1. The van der Waals surface area contributed by atoms with Crippen molar-refractivity contribution in [2.45, 2.75) is 25.8 Å². The van der Waals surface area contributed by atoms with E-state index in [-0.39, 0.29) is 24.0 Å². The number of benzene rings is 3. The number of esters is 2. The van der Waals surface area contributed by atoms with Crippen LogP contribution in [0.15, 0.2) is 101 Å². The molecular formula is C34H36N4O6. The van der Waals surface area contributed by atoms with Crippen LogP contribution in [-0.4, -0.2) is 72.4 Å². The number of nitro groups is 1. The maximum atomic E-state index is 13.7. The third kappa shape index (κ3) is 6.61. The molecule has 10 heteroatoms. The molecule has 0 spiro atoms. The van der Waals surface area contributed by atoms with E-state index < -0.39 is 28.7 Å². The fourth-order valence-corrected chi connectivity index (χ4v) is 6.19. The van der Waals surface area contributed by atoms with Gasteiger partial charge in [-0.1, -0.05) is 72.8 Å². The highest BCUT2D eigenvalue weighted by Crippen LogP contribution is 2.41. The lowest BCUT2D eigenvalue weighted by molar-refractivity contribution is -0.384. The van der Waals surface area contributed by atoms with Gasteiger partial charge in [0.25, 0.3) is 5.69 Å². The lowest BCUT2D eigenvalue weighted by Crippen LogP contribution is -2.48. The van der Waals surface area contributed by atoms with E-state index in [1.54, 1.807) is 26.0 Å². The summed E-state index contributed by atoms with van der Waals surface area (Å²) in [5.41, 5.74) is 3.81. The van der Waals surface area contributed by atoms with E-state index in [4.69, 9.17) is 9.47 Å². The minimum Gasteiger partial charge on any atom is -0.468 e. The van der Waals surface area contributed by atoms with Crippen molar-refractivity contribution in [1.29, 1.82) is 0 Å². The first kappa shape index (κ1) is 30.8. The van der Waals surface area contributed by atoms with Gasteiger partial charge in [-0.25, -0.2) is 4.79 Å². The van der Waals surface area contributed by atoms with Gasteiger partial charge in [0.1, 0.15) is 12.6 Å². The summed E-state index contributed by atoms with van der Waals surface area (Å²) in [6.45, 7) is 6.38. The van der Waals surface area contributed by atoms with E-state index in [2.05, 4.69) is 63.3 Å². The lowest BCUT2D eigenvalue weighted by atomic mass is 9.75. The van der Waals surface area contributed by atoms with Gasteiger partial charge in [0.05, 0.1) is 23.6 Å². The highest BCUT2D eigenvalue weighted by atomic mass is 16.6. The van der Waals surface area contributed by atoms with Crippen LogP contribution in [0.4, 0.5) is 5.69 Å². The van der Waals surface area contributed by atoms with E-state index in [0.29, 0.717) is 30.1 Å². The van der Waals surface area contributed by atoms with Crippen molar-refractivity contribution in [2.24, 2.45) is 10.9 Å². The average Bonchev–Trinajstić information content (AvgIpc) is 3.04. The normalized spacial score (nSPS) is 19.4. The number of rotatable bonds is 9. The second-order valence-corrected chi connectivity index (χ2v) is 11.0. The molecule has 0 saturated carbocycles. The Hall–Kier alpha value is -4.67. The van der Waals surface area contributed by atoms with E-state index in [1.165, 1.54) is 30.4 Å². The molecule has 2 aliphatic rings. The van der Waals surface area contributed by atoms with Gasteiger partial charge in [0, 0.05) is 55.6 Å². The number of allylic oxidation sites excluding steroid dienone is 1. The van der Waals surface area contributed by atoms with Crippen molar-refractivity contribution >= 4 is 23.3 Å². The number of nitrogens with zero attached hydrogens (tertiary/aromatic N) is 4. The minimum absolute atomic E-state index is 0.0675. The van der Waals surface area contributed by atoms with Crippen LogP contribution in [0.2, 0.25) is 0 Å². The molecule has 2 heterocycles. The molecule has 3 aromatic carbocycles. The van der Waals surface area contributed by atoms with Crippen molar-refractivity contribution in [3.05, 3.63) is 123 Å². The van der Waals surface area contributed by atoms with Crippen LogP contribution >= 0.6 is 0 Å². The van der Waals surface area contributed by atoms with Crippen LogP contribution in [0, 0.1) is 16.0 Å². The molecule has 228 valence electrons. The van der Waals surface area contributed by atoms with Crippen LogP contribution in [0.3, 0.4) is 0 Å². The molecule has 0 amide bonds. The molecule has 0 bridgehead atoms. The summed E-state index contributed by atoms with van der Waals surface area (Å²) in [4.78, 5) is 46.6. The summed E-state index contributed by atoms with van der Waals surface area (Å²) in [5, 5.41) is 11.5. The molecule has 1 fully saturated rings. The van der Waals surface area contributed by atoms with Gasteiger partial charge in [-0.15, -0.1) is 0 Å². The highest BCUT2D eigenvalue weighted by Gasteiger charge is 2.43. The maximum absolute atomic E-state index is 13.7. The van der Waals surface area contributed by atoms with Crippen LogP contribution in [0.5, 0.6) is 0 Å². The van der Waals surface area contributed by atoms with Crippen molar-refractivity contribution in [3.63, 3.8) is 0 Å². The number of hydrogen-bond donors (Lipinski definition) is 0. The molecule has 10 nitrogen and oxygen atoms in total. The molecule has 0 radical (unpaired) electrons. The summed E-state index contributed by atoms with van der Waals surface area (Å²) in [6, 6.07) is 26.9. The lowest BCUT2D eigenvalue weighted by Gasteiger charge is -2.39. The maximum Gasteiger partial charge on any atom is 0.337 e. The highest BCUT2D eigenvalue weighted by molar-refractivity contribution is 6.07. The molecular weight excluding hydrogens is 560 g/mol.